The molecule has 6 heteroatoms. The Kier molecular flexibility index (Phi) is 5.90. The van der Waals surface area contributed by atoms with E-state index in [9.17, 15) is 9.59 Å². The van der Waals surface area contributed by atoms with Crippen LogP contribution < -0.4 is 5.32 Å². The molecule has 1 N–H and O–H groups in total. The minimum Gasteiger partial charge on any atom is -0.335 e. The molecule has 29 heavy (non-hydrogen) atoms. The first-order valence-electron chi connectivity index (χ1n) is 10.5. The number of nitrogens with zero attached hydrogens (tertiary/aromatic N) is 3. The van der Waals surface area contributed by atoms with Crippen LogP contribution in [0.1, 0.15) is 43.4 Å². The molecule has 2 atom stereocenters. The van der Waals surface area contributed by atoms with Gasteiger partial charge < -0.3 is 10.2 Å². The second kappa shape index (κ2) is 8.74. The number of nitrogens with one attached hydrogen (secondary N) is 1. The van der Waals surface area contributed by atoms with Gasteiger partial charge in [-0.25, -0.2) is 0 Å². The monoisotopic (exact) mass is 392 g/mol. The number of benzene rings is 1. The third-order valence-corrected chi connectivity index (χ3v) is 5.96. The Bertz CT molecular complexity index is 847. The average Bonchev–Trinajstić information content (AvgIpc) is 3.37. The van der Waals surface area contributed by atoms with Gasteiger partial charge in [0.1, 0.15) is 0 Å². The number of hydrogen-bond donors (Lipinski definition) is 1. The Morgan fingerprint density at radius 1 is 1.17 bits per heavy atom. The fourth-order valence-electron chi connectivity index (χ4n) is 4.49. The van der Waals surface area contributed by atoms with Crippen LogP contribution in [0.3, 0.4) is 0 Å². The number of likely N-dealkylation sites (tertiary alicyclic amines) is 2. The molecule has 2 amide bonds. The Morgan fingerprint density at radius 2 is 1.93 bits per heavy atom. The Morgan fingerprint density at radius 3 is 2.59 bits per heavy atom. The van der Waals surface area contributed by atoms with Crippen molar-refractivity contribution < 1.29 is 9.59 Å². The Hall–Kier alpha value is -2.73. The molecule has 2 aliphatic heterocycles. The van der Waals surface area contributed by atoms with Crippen LogP contribution in [-0.4, -0.2) is 46.2 Å². The molecule has 2 saturated heterocycles. The minimum atomic E-state index is -0.420. The van der Waals surface area contributed by atoms with E-state index < -0.39 is 5.92 Å². The first kappa shape index (κ1) is 19.6. The average molecular weight is 393 g/mol. The summed E-state index contributed by atoms with van der Waals surface area (Å²) >= 11 is 0. The van der Waals surface area contributed by atoms with Crippen LogP contribution in [0.4, 0.5) is 5.69 Å². The first-order chi connectivity index (χ1) is 14.2. The normalized spacial score (nSPS) is 22.2. The van der Waals surface area contributed by atoms with E-state index in [0.717, 1.165) is 30.9 Å². The van der Waals surface area contributed by atoms with Crippen LogP contribution >= 0.6 is 0 Å². The van der Waals surface area contributed by atoms with Gasteiger partial charge in [0.05, 0.1) is 12.0 Å². The van der Waals surface area contributed by atoms with E-state index in [1.54, 1.807) is 17.3 Å². The van der Waals surface area contributed by atoms with Crippen molar-refractivity contribution in [3.05, 3.63) is 59.9 Å². The highest BCUT2D eigenvalue weighted by atomic mass is 16.2. The number of amides is 2. The maximum atomic E-state index is 13.1. The fraction of sp³-hybridized carbons (Fsp3) is 0.435. The lowest BCUT2D eigenvalue weighted by Gasteiger charge is -2.27. The molecule has 0 aliphatic carbocycles. The van der Waals surface area contributed by atoms with Gasteiger partial charge in [-0.2, -0.15) is 0 Å². The number of anilines is 1. The third kappa shape index (κ3) is 4.32. The van der Waals surface area contributed by atoms with Crippen molar-refractivity contribution in [3.63, 3.8) is 0 Å². The lowest BCUT2D eigenvalue weighted by Crippen LogP contribution is -2.32. The molecule has 0 bridgehead atoms. The van der Waals surface area contributed by atoms with Crippen LogP contribution in [0.2, 0.25) is 0 Å². The summed E-state index contributed by atoms with van der Waals surface area (Å²) in [6, 6.07) is 11.6. The van der Waals surface area contributed by atoms with E-state index in [1.165, 1.54) is 18.4 Å². The van der Waals surface area contributed by atoms with Crippen molar-refractivity contribution in [2.75, 3.05) is 25.0 Å². The van der Waals surface area contributed by atoms with Crippen molar-refractivity contribution in [1.29, 1.82) is 0 Å². The number of carbonyl (C=O) groups is 2. The number of pyridine rings is 1. The molecular weight excluding hydrogens is 364 g/mol. The van der Waals surface area contributed by atoms with Crippen LogP contribution in [0.25, 0.3) is 0 Å². The molecule has 0 unspecified atom stereocenters. The maximum Gasteiger partial charge on any atom is 0.230 e. The summed E-state index contributed by atoms with van der Waals surface area (Å²) in [6.45, 7) is 5.81. The van der Waals surface area contributed by atoms with E-state index in [2.05, 4.69) is 27.3 Å². The zero-order valence-electron chi connectivity index (χ0n) is 16.9. The van der Waals surface area contributed by atoms with Crippen LogP contribution in [0.5, 0.6) is 0 Å². The highest BCUT2D eigenvalue weighted by molar-refractivity contribution is 5.98. The van der Waals surface area contributed by atoms with Gasteiger partial charge in [-0.05, 0) is 62.2 Å². The lowest BCUT2D eigenvalue weighted by atomic mass is 9.93. The molecule has 4 rings (SSSR count). The molecule has 2 aliphatic rings. The molecule has 0 saturated carbocycles. The van der Waals surface area contributed by atoms with E-state index >= 15 is 0 Å². The molecular formula is C23H28N4O2. The third-order valence-electron chi connectivity index (χ3n) is 5.96. The van der Waals surface area contributed by atoms with Gasteiger partial charge in [0.25, 0.3) is 0 Å². The number of carbonyl (C=O) groups excluding carboxylic acids is 2. The highest BCUT2D eigenvalue weighted by Gasteiger charge is 2.43. The second-order valence-electron chi connectivity index (χ2n) is 7.89. The molecule has 1 aromatic carbocycles. The van der Waals surface area contributed by atoms with Crippen LogP contribution in [0.15, 0.2) is 48.8 Å². The molecule has 1 aromatic heterocycles. The van der Waals surface area contributed by atoms with Crippen molar-refractivity contribution in [2.24, 2.45) is 5.92 Å². The fourth-order valence-corrected chi connectivity index (χ4v) is 4.49. The van der Waals surface area contributed by atoms with E-state index in [-0.39, 0.29) is 24.3 Å². The maximum absolute atomic E-state index is 13.1. The summed E-state index contributed by atoms with van der Waals surface area (Å²) in [7, 11) is 0. The van der Waals surface area contributed by atoms with E-state index in [4.69, 9.17) is 0 Å². The van der Waals surface area contributed by atoms with Crippen molar-refractivity contribution in [3.8, 4) is 0 Å². The van der Waals surface area contributed by atoms with Gasteiger partial charge >= 0.3 is 0 Å². The van der Waals surface area contributed by atoms with Crippen molar-refractivity contribution in [1.82, 2.24) is 14.8 Å². The molecule has 2 fully saturated rings. The summed E-state index contributed by atoms with van der Waals surface area (Å²) in [6.07, 6.45) is 6.24. The molecule has 2 aromatic rings. The Labute approximate surface area is 171 Å². The summed E-state index contributed by atoms with van der Waals surface area (Å²) in [5.74, 6) is -0.520. The Balaban J connectivity index is 1.45. The smallest absolute Gasteiger partial charge is 0.230 e. The number of hydrogen-bond acceptors (Lipinski definition) is 4. The predicted molar refractivity (Wildman–Crippen MR) is 112 cm³/mol. The van der Waals surface area contributed by atoms with Gasteiger partial charge in [0.2, 0.25) is 11.8 Å². The number of aromatic nitrogens is 1. The minimum absolute atomic E-state index is 0.0162. The predicted octanol–water partition coefficient (Wildman–Crippen LogP) is 3.23. The summed E-state index contributed by atoms with van der Waals surface area (Å²) in [5, 5.41) is 3.02. The molecule has 0 radical (unpaired) electrons. The summed E-state index contributed by atoms with van der Waals surface area (Å²) in [5.41, 5.74) is 2.93. The lowest BCUT2D eigenvalue weighted by molar-refractivity contribution is -0.129. The first-order valence-corrected chi connectivity index (χ1v) is 10.5. The summed E-state index contributed by atoms with van der Waals surface area (Å²) in [4.78, 5) is 33.9. The van der Waals surface area contributed by atoms with E-state index in [1.807, 2.05) is 31.2 Å². The van der Waals surface area contributed by atoms with Crippen molar-refractivity contribution in [2.45, 2.75) is 38.8 Å². The summed E-state index contributed by atoms with van der Waals surface area (Å²) < 4.78 is 0. The second-order valence-corrected chi connectivity index (χ2v) is 7.89. The van der Waals surface area contributed by atoms with Gasteiger partial charge in [-0.3, -0.25) is 19.5 Å². The van der Waals surface area contributed by atoms with Gasteiger partial charge in [-0.15, -0.1) is 0 Å². The van der Waals surface area contributed by atoms with Gasteiger partial charge in [0, 0.05) is 37.6 Å². The van der Waals surface area contributed by atoms with E-state index in [0.29, 0.717) is 6.54 Å². The zero-order valence-corrected chi connectivity index (χ0v) is 16.9. The molecule has 6 nitrogen and oxygen atoms in total. The standard InChI is InChI=1S/C23H28N4O2/c1-2-27-21(28)14-20(22(27)18-6-5-11-24-15-18)23(29)25-19-9-7-17(8-10-19)16-26-12-3-4-13-26/h5-11,15,20,22H,2-4,12-14,16H2,1H3,(H,25,29)/t20-,22+/m0/s1. The van der Waals surface area contributed by atoms with Crippen molar-refractivity contribution >= 4 is 17.5 Å². The largest absolute Gasteiger partial charge is 0.335 e. The van der Waals surface area contributed by atoms with Gasteiger partial charge in [-0.1, -0.05) is 18.2 Å². The SMILES string of the molecule is CCN1C(=O)C[C@H](C(=O)Nc2ccc(CN3CCCC3)cc2)[C@H]1c1cccnc1. The highest BCUT2D eigenvalue weighted by Crippen LogP contribution is 2.38. The zero-order chi connectivity index (χ0) is 20.2. The quantitative estimate of drug-likeness (QED) is 0.820. The van der Waals surface area contributed by atoms with Crippen LogP contribution in [-0.2, 0) is 16.1 Å². The molecule has 3 heterocycles. The van der Waals surface area contributed by atoms with Gasteiger partial charge in [0.15, 0.2) is 0 Å². The number of rotatable bonds is 6. The molecule has 0 spiro atoms. The topological polar surface area (TPSA) is 65.5 Å². The molecule has 152 valence electrons. The van der Waals surface area contributed by atoms with Crippen LogP contribution in [0, 0.1) is 5.92 Å².